The number of hydrogen-bond acceptors (Lipinski definition) is 3. The number of hydrogen-bond donors (Lipinski definition) is 3. The molecule has 1 rings (SSSR count). The van der Waals surface area contributed by atoms with E-state index in [9.17, 15) is 4.79 Å². The van der Waals surface area contributed by atoms with Crippen LogP contribution < -0.4 is 16.8 Å². The number of benzene rings is 1. The summed E-state index contributed by atoms with van der Waals surface area (Å²) in [5, 5.41) is 2.59. The SMILES string of the molecule is NCC(=O)Nc1cccc(N)c1. The monoisotopic (exact) mass is 165 g/mol. The molecule has 0 atom stereocenters. The van der Waals surface area contributed by atoms with Crippen molar-refractivity contribution in [2.45, 2.75) is 0 Å². The number of rotatable bonds is 2. The average Bonchev–Trinajstić information content (AvgIpc) is 2.04. The van der Waals surface area contributed by atoms with Gasteiger partial charge in [-0.25, -0.2) is 0 Å². The Labute approximate surface area is 70.6 Å². The molecule has 0 radical (unpaired) electrons. The number of nitrogen functional groups attached to an aromatic ring is 1. The van der Waals surface area contributed by atoms with Gasteiger partial charge >= 0.3 is 0 Å². The van der Waals surface area contributed by atoms with E-state index >= 15 is 0 Å². The summed E-state index contributed by atoms with van der Waals surface area (Å²) in [6.07, 6.45) is 0. The summed E-state index contributed by atoms with van der Waals surface area (Å²) in [5.41, 5.74) is 11.9. The van der Waals surface area contributed by atoms with Crippen LogP contribution in [-0.4, -0.2) is 12.5 Å². The first kappa shape index (κ1) is 8.55. The van der Waals surface area contributed by atoms with Crippen molar-refractivity contribution >= 4 is 17.3 Å². The Kier molecular flexibility index (Phi) is 2.66. The van der Waals surface area contributed by atoms with Crippen molar-refractivity contribution in [2.75, 3.05) is 17.6 Å². The molecule has 1 amide bonds. The Morgan fingerprint density at radius 2 is 2.25 bits per heavy atom. The summed E-state index contributed by atoms with van der Waals surface area (Å²) in [4.78, 5) is 10.8. The summed E-state index contributed by atoms with van der Waals surface area (Å²) in [6, 6.07) is 6.94. The predicted octanol–water partition coefficient (Wildman–Crippen LogP) is 0.166. The van der Waals surface area contributed by atoms with E-state index in [1.165, 1.54) is 0 Å². The predicted molar refractivity (Wildman–Crippen MR) is 48.5 cm³/mol. The highest BCUT2D eigenvalue weighted by molar-refractivity contribution is 5.92. The zero-order valence-corrected chi connectivity index (χ0v) is 6.58. The van der Waals surface area contributed by atoms with Crippen molar-refractivity contribution in [1.82, 2.24) is 0 Å². The van der Waals surface area contributed by atoms with Crippen LogP contribution in [0.15, 0.2) is 24.3 Å². The molecule has 0 saturated heterocycles. The van der Waals surface area contributed by atoms with E-state index < -0.39 is 0 Å². The van der Waals surface area contributed by atoms with Crippen LogP contribution in [0.4, 0.5) is 11.4 Å². The third-order valence-electron chi connectivity index (χ3n) is 1.36. The fourth-order valence-corrected chi connectivity index (χ4v) is 0.828. The standard InChI is InChI=1S/C8H11N3O/c9-5-8(12)11-7-3-1-2-6(10)4-7/h1-4H,5,9-10H2,(H,11,12). The highest BCUT2D eigenvalue weighted by atomic mass is 16.1. The van der Waals surface area contributed by atoms with Gasteiger partial charge in [0.05, 0.1) is 6.54 Å². The van der Waals surface area contributed by atoms with Gasteiger partial charge in [-0.1, -0.05) is 6.07 Å². The highest BCUT2D eigenvalue weighted by Gasteiger charge is 1.97. The van der Waals surface area contributed by atoms with Gasteiger partial charge in [0.15, 0.2) is 0 Å². The molecule has 0 aliphatic heterocycles. The molecule has 0 aromatic heterocycles. The topological polar surface area (TPSA) is 81.1 Å². The van der Waals surface area contributed by atoms with Crippen LogP contribution >= 0.6 is 0 Å². The van der Waals surface area contributed by atoms with E-state index in [2.05, 4.69) is 5.32 Å². The van der Waals surface area contributed by atoms with E-state index in [1.54, 1.807) is 24.3 Å². The van der Waals surface area contributed by atoms with Gasteiger partial charge < -0.3 is 16.8 Å². The minimum Gasteiger partial charge on any atom is -0.399 e. The fourth-order valence-electron chi connectivity index (χ4n) is 0.828. The van der Waals surface area contributed by atoms with Crippen molar-refractivity contribution in [3.05, 3.63) is 24.3 Å². The Morgan fingerprint density at radius 1 is 1.50 bits per heavy atom. The molecule has 0 bridgehead atoms. The normalized spacial score (nSPS) is 9.42. The Balaban J connectivity index is 2.69. The van der Waals surface area contributed by atoms with Crippen LogP contribution in [0, 0.1) is 0 Å². The minimum atomic E-state index is -0.222. The lowest BCUT2D eigenvalue weighted by Gasteiger charge is -2.02. The zero-order chi connectivity index (χ0) is 8.97. The quantitative estimate of drug-likeness (QED) is 0.546. The lowest BCUT2D eigenvalue weighted by Crippen LogP contribution is -2.21. The minimum absolute atomic E-state index is 0.0190. The molecule has 1 aromatic rings. The van der Waals surface area contributed by atoms with Gasteiger partial charge in [-0.3, -0.25) is 4.79 Å². The van der Waals surface area contributed by atoms with E-state index in [-0.39, 0.29) is 12.5 Å². The molecule has 0 fully saturated rings. The first-order valence-corrected chi connectivity index (χ1v) is 3.58. The molecule has 0 aliphatic rings. The van der Waals surface area contributed by atoms with Gasteiger partial charge in [-0.05, 0) is 18.2 Å². The van der Waals surface area contributed by atoms with E-state index in [0.717, 1.165) is 0 Å². The summed E-state index contributed by atoms with van der Waals surface area (Å²) in [7, 11) is 0. The average molecular weight is 165 g/mol. The van der Waals surface area contributed by atoms with Gasteiger partial charge in [0, 0.05) is 11.4 Å². The first-order valence-electron chi connectivity index (χ1n) is 3.58. The molecule has 4 nitrogen and oxygen atoms in total. The van der Waals surface area contributed by atoms with Gasteiger partial charge in [0.1, 0.15) is 0 Å². The van der Waals surface area contributed by atoms with Crippen molar-refractivity contribution in [2.24, 2.45) is 5.73 Å². The zero-order valence-electron chi connectivity index (χ0n) is 6.58. The van der Waals surface area contributed by atoms with Crippen molar-refractivity contribution < 1.29 is 4.79 Å². The number of carbonyl (C=O) groups excluding carboxylic acids is 1. The van der Waals surface area contributed by atoms with Crippen LogP contribution in [0.2, 0.25) is 0 Å². The van der Waals surface area contributed by atoms with Gasteiger partial charge in [-0.2, -0.15) is 0 Å². The van der Waals surface area contributed by atoms with Crippen molar-refractivity contribution in [1.29, 1.82) is 0 Å². The number of amides is 1. The molecule has 0 heterocycles. The fraction of sp³-hybridized carbons (Fsp3) is 0.125. The Morgan fingerprint density at radius 3 is 2.83 bits per heavy atom. The maximum Gasteiger partial charge on any atom is 0.238 e. The van der Waals surface area contributed by atoms with E-state index in [4.69, 9.17) is 11.5 Å². The number of nitrogens with two attached hydrogens (primary N) is 2. The van der Waals surface area contributed by atoms with Gasteiger partial charge in [-0.15, -0.1) is 0 Å². The Bertz CT molecular complexity index is 285. The van der Waals surface area contributed by atoms with Crippen LogP contribution in [0.1, 0.15) is 0 Å². The number of carbonyl (C=O) groups is 1. The highest BCUT2D eigenvalue weighted by Crippen LogP contribution is 2.10. The number of anilines is 2. The molecule has 12 heavy (non-hydrogen) atoms. The maximum atomic E-state index is 10.8. The summed E-state index contributed by atoms with van der Waals surface area (Å²) in [6.45, 7) is -0.0190. The van der Waals surface area contributed by atoms with Crippen LogP contribution in [0.3, 0.4) is 0 Å². The molecule has 5 N–H and O–H groups in total. The van der Waals surface area contributed by atoms with Crippen LogP contribution in [0.25, 0.3) is 0 Å². The van der Waals surface area contributed by atoms with E-state index in [1.807, 2.05) is 0 Å². The lowest BCUT2D eigenvalue weighted by atomic mass is 10.3. The largest absolute Gasteiger partial charge is 0.399 e. The number of nitrogens with one attached hydrogen (secondary N) is 1. The smallest absolute Gasteiger partial charge is 0.238 e. The maximum absolute atomic E-state index is 10.8. The van der Waals surface area contributed by atoms with Gasteiger partial charge in [0.2, 0.25) is 5.91 Å². The molecule has 0 aliphatic carbocycles. The second-order valence-corrected chi connectivity index (χ2v) is 2.38. The second-order valence-electron chi connectivity index (χ2n) is 2.38. The van der Waals surface area contributed by atoms with Crippen molar-refractivity contribution in [3.63, 3.8) is 0 Å². The third-order valence-corrected chi connectivity index (χ3v) is 1.36. The molecule has 0 unspecified atom stereocenters. The molecule has 64 valence electrons. The molecular weight excluding hydrogens is 154 g/mol. The summed E-state index contributed by atoms with van der Waals surface area (Å²) in [5.74, 6) is -0.222. The lowest BCUT2D eigenvalue weighted by molar-refractivity contribution is -0.114. The van der Waals surface area contributed by atoms with E-state index in [0.29, 0.717) is 11.4 Å². The van der Waals surface area contributed by atoms with Crippen molar-refractivity contribution in [3.8, 4) is 0 Å². The van der Waals surface area contributed by atoms with Crippen LogP contribution in [0.5, 0.6) is 0 Å². The Hall–Kier alpha value is -1.55. The summed E-state index contributed by atoms with van der Waals surface area (Å²) >= 11 is 0. The van der Waals surface area contributed by atoms with Crippen LogP contribution in [-0.2, 0) is 4.79 Å². The molecule has 0 spiro atoms. The molecule has 1 aromatic carbocycles. The molecule has 4 heteroatoms. The molecular formula is C8H11N3O. The second kappa shape index (κ2) is 3.73. The molecule has 0 saturated carbocycles. The first-order chi connectivity index (χ1) is 5.72. The van der Waals surface area contributed by atoms with Gasteiger partial charge in [0.25, 0.3) is 0 Å². The third kappa shape index (κ3) is 2.25. The summed E-state index contributed by atoms with van der Waals surface area (Å²) < 4.78 is 0.